The molecule has 0 saturated heterocycles. The smallest absolute Gasteiger partial charge is 0.0943 e. The molecule has 1 heterocycles. The molecule has 1 rings (SSSR count). The van der Waals surface area contributed by atoms with Gasteiger partial charge in [0.1, 0.15) is 0 Å². The molecular formula is C7H15BN2. The zero-order chi connectivity index (χ0) is 8.41. The Labute approximate surface area is 64.7 Å². The van der Waals surface area contributed by atoms with Crippen molar-refractivity contribution in [1.29, 1.82) is 0 Å². The minimum Gasteiger partial charge on any atom is -0.341 e. The number of hydrogen-bond donors (Lipinski definition) is 0. The van der Waals surface area contributed by atoms with Crippen LogP contribution in [-0.2, 0) is 7.05 Å². The van der Waals surface area contributed by atoms with Crippen LogP contribution in [0.25, 0.3) is 0 Å². The molecule has 2 nitrogen and oxygen atoms in total. The number of imidazole rings is 1. The first-order valence-corrected chi connectivity index (χ1v) is 3.39. The van der Waals surface area contributed by atoms with E-state index in [1.165, 1.54) is 6.82 Å². The molecule has 0 amide bonds. The Bertz CT molecular complexity index is 115. The first-order valence-electron chi connectivity index (χ1n) is 3.39. The quantitative estimate of drug-likeness (QED) is 0.498. The second-order valence-corrected chi connectivity index (χ2v) is 1.23. The summed E-state index contributed by atoms with van der Waals surface area (Å²) in [5.41, 5.74) is 0. The van der Waals surface area contributed by atoms with E-state index in [1.807, 2.05) is 31.7 Å². The minimum atomic E-state index is 1.50. The molecule has 0 N–H and O–H groups in total. The monoisotopic (exact) mass is 138 g/mol. The molecule has 1 aromatic heterocycles. The van der Waals surface area contributed by atoms with Gasteiger partial charge in [0.25, 0.3) is 0 Å². The van der Waals surface area contributed by atoms with Crippen molar-refractivity contribution < 1.29 is 0 Å². The zero-order valence-electron chi connectivity index (χ0n) is 7.20. The summed E-state index contributed by atoms with van der Waals surface area (Å²) < 4.78 is 1.89. The third-order valence-electron chi connectivity index (χ3n) is 0.637. The van der Waals surface area contributed by atoms with Gasteiger partial charge in [0.2, 0.25) is 0 Å². The van der Waals surface area contributed by atoms with Gasteiger partial charge in [-0.3, -0.25) is 0 Å². The van der Waals surface area contributed by atoms with Crippen LogP contribution in [0.1, 0.15) is 13.8 Å². The average molecular weight is 138 g/mol. The van der Waals surface area contributed by atoms with E-state index in [2.05, 4.69) is 12.8 Å². The van der Waals surface area contributed by atoms with E-state index in [0.717, 1.165) is 0 Å². The van der Waals surface area contributed by atoms with Gasteiger partial charge >= 0.3 is 0 Å². The highest BCUT2D eigenvalue weighted by Gasteiger charge is 1.69. The fraction of sp³-hybridized carbons (Fsp3) is 0.571. The third-order valence-corrected chi connectivity index (χ3v) is 0.637. The molecule has 0 unspecified atom stereocenters. The largest absolute Gasteiger partial charge is 0.341 e. The molecule has 0 aliphatic carbocycles. The highest BCUT2D eigenvalue weighted by molar-refractivity contribution is 6.05. The SMILES string of the molecule is CC.Cn1ccnc1.[B]C. The molecule has 56 valence electrons. The van der Waals surface area contributed by atoms with Crippen LogP contribution in [0, 0.1) is 0 Å². The molecule has 0 spiro atoms. The van der Waals surface area contributed by atoms with Gasteiger partial charge in [-0.2, -0.15) is 0 Å². The summed E-state index contributed by atoms with van der Waals surface area (Å²) in [5.74, 6) is 0. The summed E-state index contributed by atoms with van der Waals surface area (Å²) in [6.07, 6.45) is 5.39. The Balaban J connectivity index is 0. The Hall–Kier alpha value is -0.725. The number of aromatic nitrogens is 2. The van der Waals surface area contributed by atoms with Crippen molar-refractivity contribution in [3.8, 4) is 0 Å². The average Bonchev–Trinajstić information content (AvgIpc) is 2.48. The minimum absolute atomic E-state index is 1.50. The Morgan fingerprint density at radius 1 is 1.30 bits per heavy atom. The van der Waals surface area contributed by atoms with Gasteiger partial charge in [0.15, 0.2) is 0 Å². The van der Waals surface area contributed by atoms with Gasteiger partial charge in [-0.25, -0.2) is 4.98 Å². The van der Waals surface area contributed by atoms with Crippen molar-refractivity contribution in [3.63, 3.8) is 0 Å². The third kappa shape index (κ3) is 7.27. The predicted octanol–water partition coefficient (Wildman–Crippen LogP) is 1.65. The van der Waals surface area contributed by atoms with Crippen LogP contribution >= 0.6 is 0 Å². The zero-order valence-corrected chi connectivity index (χ0v) is 7.20. The molecule has 0 aliphatic rings. The lowest BCUT2D eigenvalue weighted by atomic mass is 10.2. The van der Waals surface area contributed by atoms with Crippen LogP contribution < -0.4 is 0 Å². The maximum Gasteiger partial charge on any atom is 0.0943 e. The molecule has 10 heavy (non-hydrogen) atoms. The molecule has 0 atom stereocenters. The Kier molecular flexibility index (Phi) is 13.3. The fourth-order valence-electron chi connectivity index (χ4n) is 0.326. The summed E-state index contributed by atoms with van der Waals surface area (Å²) in [6.45, 7) is 5.50. The van der Waals surface area contributed by atoms with Crippen LogP contribution in [0.3, 0.4) is 0 Å². The van der Waals surface area contributed by atoms with Gasteiger partial charge in [-0.1, -0.05) is 20.7 Å². The molecule has 0 aromatic carbocycles. The number of nitrogens with zero attached hydrogens (tertiary/aromatic N) is 2. The summed E-state index contributed by atoms with van der Waals surface area (Å²) >= 11 is 0. The predicted molar refractivity (Wildman–Crippen MR) is 46.2 cm³/mol. The molecule has 0 aliphatic heterocycles. The Morgan fingerprint density at radius 3 is 1.90 bits per heavy atom. The lowest BCUT2D eigenvalue weighted by molar-refractivity contribution is 0.913. The van der Waals surface area contributed by atoms with E-state index >= 15 is 0 Å². The van der Waals surface area contributed by atoms with Gasteiger partial charge in [-0.05, 0) is 0 Å². The normalized spacial score (nSPS) is 6.40. The van der Waals surface area contributed by atoms with Crippen LogP contribution in [-0.4, -0.2) is 17.4 Å². The lowest BCUT2D eigenvalue weighted by Crippen LogP contribution is -1.76. The van der Waals surface area contributed by atoms with E-state index in [0.29, 0.717) is 0 Å². The second kappa shape index (κ2) is 11.1. The maximum absolute atomic E-state index is 4.50. The number of hydrogen-bond acceptors (Lipinski definition) is 1. The van der Waals surface area contributed by atoms with Crippen molar-refractivity contribution in [2.75, 3.05) is 0 Å². The van der Waals surface area contributed by atoms with E-state index in [1.54, 1.807) is 12.5 Å². The second-order valence-electron chi connectivity index (χ2n) is 1.23. The van der Waals surface area contributed by atoms with Crippen molar-refractivity contribution in [1.82, 2.24) is 9.55 Å². The van der Waals surface area contributed by atoms with E-state index in [9.17, 15) is 0 Å². The standard InChI is InChI=1S/C4H6N2.C2H6.CH3B/c1-6-3-2-5-4-6;2*1-2/h2-4H,1H3;1-2H3;1H3. The summed E-state index contributed by atoms with van der Waals surface area (Å²) in [4.78, 5) is 3.78. The molecular weight excluding hydrogens is 123 g/mol. The first kappa shape index (κ1) is 12.0. The molecule has 2 radical (unpaired) electrons. The van der Waals surface area contributed by atoms with Crippen molar-refractivity contribution in [3.05, 3.63) is 18.7 Å². The van der Waals surface area contributed by atoms with E-state index < -0.39 is 0 Å². The van der Waals surface area contributed by atoms with Gasteiger partial charge in [0, 0.05) is 19.4 Å². The van der Waals surface area contributed by atoms with E-state index in [-0.39, 0.29) is 0 Å². The van der Waals surface area contributed by atoms with Crippen molar-refractivity contribution >= 4 is 7.85 Å². The van der Waals surface area contributed by atoms with Crippen LogP contribution in [0.4, 0.5) is 0 Å². The molecule has 0 fully saturated rings. The number of aryl methyl sites for hydroxylation is 1. The topological polar surface area (TPSA) is 17.8 Å². The Morgan fingerprint density at radius 2 is 1.80 bits per heavy atom. The number of rotatable bonds is 0. The van der Waals surface area contributed by atoms with Crippen molar-refractivity contribution in [2.24, 2.45) is 7.05 Å². The highest BCUT2D eigenvalue weighted by atomic mass is 15.0. The van der Waals surface area contributed by atoms with E-state index in [4.69, 9.17) is 0 Å². The summed E-state index contributed by atoms with van der Waals surface area (Å²) in [7, 11) is 6.44. The summed E-state index contributed by atoms with van der Waals surface area (Å²) in [6, 6.07) is 0. The molecule has 3 heteroatoms. The lowest BCUT2D eigenvalue weighted by Gasteiger charge is -1.76. The van der Waals surface area contributed by atoms with Gasteiger partial charge < -0.3 is 4.57 Å². The van der Waals surface area contributed by atoms with Crippen LogP contribution in [0.2, 0.25) is 6.82 Å². The first-order chi connectivity index (χ1) is 4.89. The molecule has 1 aromatic rings. The van der Waals surface area contributed by atoms with Crippen molar-refractivity contribution in [2.45, 2.75) is 20.7 Å². The van der Waals surface area contributed by atoms with Gasteiger partial charge in [0.05, 0.1) is 14.2 Å². The highest BCUT2D eigenvalue weighted by Crippen LogP contribution is 1.73. The van der Waals surface area contributed by atoms with Gasteiger partial charge in [-0.15, -0.1) is 0 Å². The summed E-state index contributed by atoms with van der Waals surface area (Å²) in [5, 5.41) is 0. The molecule has 0 bridgehead atoms. The molecule has 0 saturated carbocycles. The maximum atomic E-state index is 4.50. The van der Waals surface area contributed by atoms with Crippen LogP contribution in [0.5, 0.6) is 0 Å². The fourth-order valence-corrected chi connectivity index (χ4v) is 0.326. The van der Waals surface area contributed by atoms with Crippen LogP contribution in [0.15, 0.2) is 18.7 Å².